The van der Waals surface area contributed by atoms with Crippen molar-refractivity contribution in [2.45, 2.75) is 32.1 Å². The van der Waals surface area contributed by atoms with Crippen LogP contribution in [0.4, 0.5) is 17.6 Å². The summed E-state index contributed by atoms with van der Waals surface area (Å²) in [6.07, 6.45) is -3.47. The molecule has 1 atom stereocenters. The second-order valence-corrected chi connectivity index (χ2v) is 5.23. The Balaban J connectivity index is 2.08. The van der Waals surface area contributed by atoms with Crippen LogP contribution in [0.15, 0.2) is 18.2 Å². The topological polar surface area (TPSA) is 29.3 Å². The van der Waals surface area contributed by atoms with E-state index in [4.69, 9.17) is 5.73 Å². The van der Waals surface area contributed by atoms with Gasteiger partial charge in [-0.05, 0) is 42.6 Å². The average molecular weight is 290 g/mol. The molecule has 1 heterocycles. The Labute approximate surface area is 115 Å². The highest BCUT2D eigenvalue weighted by Crippen LogP contribution is 2.33. The van der Waals surface area contributed by atoms with E-state index >= 15 is 0 Å². The highest BCUT2D eigenvalue weighted by Gasteiger charge is 2.41. The van der Waals surface area contributed by atoms with Gasteiger partial charge in [-0.2, -0.15) is 13.2 Å². The van der Waals surface area contributed by atoms with Gasteiger partial charge in [-0.3, -0.25) is 4.90 Å². The zero-order valence-electron chi connectivity index (χ0n) is 11.1. The summed E-state index contributed by atoms with van der Waals surface area (Å²) in [5.74, 6) is -1.67. The van der Waals surface area contributed by atoms with Gasteiger partial charge < -0.3 is 5.73 Å². The number of rotatable bonds is 3. The van der Waals surface area contributed by atoms with E-state index in [1.54, 1.807) is 11.0 Å². The van der Waals surface area contributed by atoms with Crippen molar-refractivity contribution in [3.05, 3.63) is 35.1 Å². The van der Waals surface area contributed by atoms with Gasteiger partial charge in [0, 0.05) is 19.6 Å². The van der Waals surface area contributed by atoms with E-state index in [1.165, 1.54) is 12.1 Å². The summed E-state index contributed by atoms with van der Waals surface area (Å²) in [7, 11) is 0. The molecule has 6 heteroatoms. The first-order chi connectivity index (χ1) is 9.40. The van der Waals surface area contributed by atoms with Crippen LogP contribution in [0, 0.1) is 11.7 Å². The van der Waals surface area contributed by atoms with Crippen molar-refractivity contribution in [1.29, 1.82) is 0 Å². The summed E-state index contributed by atoms with van der Waals surface area (Å²) in [6, 6.07) is 4.27. The van der Waals surface area contributed by atoms with Crippen molar-refractivity contribution in [1.82, 2.24) is 4.90 Å². The van der Waals surface area contributed by atoms with Crippen molar-refractivity contribution in [2.24, 2.45) is 11.7 Å². The maximum absolute atomic E-state index is 13.3. The number of nitrogens with zero attached hydrogens (tertiary/aromatic N) is 1. The Morgan fingerprint density at radius 3 is 2.65 bits per heavy atom. The van der Waals surface area contributed by atoms with Crippen molar-refractivity contribution < 1.29 is 17.6 Å². The summed E-state index contributed by atoms with van der Waals surface area (Å²) in [4.78, 5) is 1.73. The van der Waals surface area contributed by atoms with Gasteiger partial charge in [0.1, 0.15) is 5.82 Å². The van der Waals surface area contributed by atoms with Crippen molar-refractivity contribution in [3.8, 4) is 0 Å². The van der Waals surface area contributed by atoms with E-state index in [9.17, 15) is 17.6 Å². The summed E-state index contributed by atoms with van der Waals surface area (Å²) >= 11 is 0. The molecule has 0 amide bonds. The molecular weight excluding hydrogens is 272 g/mol. The molecule has 2 nitrogen and oxygen atoms in total. The van der Waals surface area contributed by atoms with E-state index < -0.39 is 12.1 Å². The van der Waals surface area contributed by atoms with Gasteiger partial charge in [0.15, 0.2) is 0 Å². The van der Waals surface area contributed by atoms with Crippen LogP contribution in [0.2, 0.25) is 0 Å². The van der Waals surface area contributed by atoms with Crippen LogP contribution < -0.4 is 5.73 Å². The van der Waals surface area contributed by atoms with Crippen LogP contribution in [0.1, 0.15) is 24.0 Å². The minimum atomic E-state index is -4.16. The Morgan fingerprint density at radius 1 is 1.25 bits per heavy atom. The first-order valence-electron chi connectivity index (χ1n) is 6.66. The lowest BCUT2D eigenvalue weighted by molar-refractivity contribution is -0.187. The van der Waals surface area contributed by atoms with Gasteiger partial charge in [0.2, 0.25) is 0 Å². The minimum Gasteiger partial charge on any atom is -0.326 e. The molecule has 1 unspecified atom stereocenters. The van der Waals surface area contributed by atoms with E-state index in [2.05, 4.69) is 0 Å². The van der Waals surface area contributed by atoms with Gasteiger partial charge in [0.25, 0.3) is 0 Å². The standard InChI is InChI=1S/C14H18F4N2/c15-13-4-3-10(7-19)11(6-13)8-20-5-1-2-12(9-20)14(16,17)18/h3-4,6,12H,1-2,5,7-9,19H2. The predicted octanol–water partition coefficient (Wildman–Crippen LogP) is 3.06. The van der Waals surface area contributed by atoms with Gasteiger partial charge in [-0.25, -0.2) is 4.39 Å². The fourth-order valence-electron chi connectivity index (χ4n) is 2.65. The Morgan fingerprint density at radius 2 is 2.00 bits per heavy atom. The van der Waals surface area contributed by atoms with E-state index in [0.29, 0.717) is 25.1 Å². The number of benzene rings is 1. The van der Waals surface area contributed by atoms with Gasteiger partial charge in [-0.15, -0.1) is 0 Å². The molecule has 0 aliphatic carbocycles. The van der Waals surface area contributed by atoms with Crippen LogP contribution in [0.5, 0.6) is 0 Å². The van der Waals surface area contributed by atoms with Crippen LogP contribution in [0.25, 0.3) is 0 Å². The molecule has 2 rings (SSSR count). The van der Waals surface area contributed by atoms with Gasteiger partial charge in [0.05, 0.1) is 5.92 Å². The smallest absolute Gasteiger partial charge is 0.326 e. The molecule has 0 radical (unpaired) electrons. The number of alkyl halides is 3. The second kappa shape index (κ2) is 6.10. The second-order valence-electron chi connectivity index (χ2n) is 5.23. The lowest BCUT2D eigenvalue weighted by Gasteiger charge is -2.34. The zero-order chi connectivity index (χ0) is 14.8. The first-order valence-corrected chi connectivity index (χ1v) is 6.66. The number of likely N-dealkylation sites (tertiary alicyclic amines) is 1. The maximum Gasteiger partial charge on any atom is 0.393 e. The lowest BCUT2D eigenvalue weighted by atomic mass is 9.96. The van der Waals surface area contributed by atoms with Crippen LogP contribution in [-0.4, -0.2) is 24.2 Å². The highest BCUT2D eigenvalue weighted by molar-refractivity contribution is 5.27. The number of halogens is 4. The third-order valence-electron chi connectivity index (χ3n) is 3.75. The van der Waals surface area contributed by atoms with Gasteiger partial charge >= 0.3 is 6.18 Å². The highest BCUT2D eigenvalue weighted by atomic mass is 19.4. The number of hydrogen-bond acceptors (Lipinski definition) is 2. The fraction of sp³-hybridized carbons (Fsp3) is 0.571. The summed E-state index contributed by atoms with van der Waals surface area (Å²) in [6.45, 7) is 1.15. The Hall–Kier alpha value is -1.14. The normalized spacial score (nSPS) is 21.1. The summed E-state index contributed by atoms with van der Waals surface area (Å²) in [5, 5.41) is 0. The van der Waals surface area contributed by atoms with Crippen molar-refractivity contribution >= 4 is 0 Å². The molecule has 20 heavy (non-hydrogen) atoms. The molecule has 1 aromatic rings. The molecule has 0 spiro atoms. The number of hydrogen-bond donors (Lipinski definition) is 1. The van der Waals surface area contributed by atoms with Crippen molar-refractivity contribution in [3.63, 3.8) is 0 Å². The van der Waals surface area contributed by atoms with Crippen LogP contribution in [-0.2, 0) is 13.1 Å². The average Bonchev–Trinajstić information content (AvgIpc) is 2.38. The Kier molecular flexibility index (Phi) is 4.65. The van der Waals surface area contributed by atoms with E-state index in [0.717, 1.165) is 5.56 Å². The molecule has 1 aliphatic rings. The molecule has 1 aliphatic heterocycles. The molecule has 2 N–H and O–H groups in total. The number of nitrogens with two attached hydrogens (primary N) is 1. The third kappa shape index (κ3) is 3.70. The lowest BCUT2D eigenvalue weighted by Crippen LogP contribution is -2.41. The summed E-state index contributed by atoms with van der Waals surface area (Å²) < 4.78 is 51.5. The monoisotopic (exact) mass is 290 g/mol. The molecule has 0 aromatic heterocycles. The van der Waals surface area contributed by atoms with Gasteiger partial charge in [-0.1, -0.05) is 6.07 Å². The fourth-order valence-corrected chi connectivity index (χ4v) is 2.65. The molecule has 1 fully saturated rings. The molecule has 1 aromatic carbocycles. The molecule has 112 valence electrons. The SMILES string of the molecule is NCc1ccc(F)cc1CN1CCCC(C(F)(F)F)C1. The molecule has 0 bridgehead atoms. The summed E-state index contributed by atoms with van der Waals surface area (Å²) in [5.41, 5.74) is 7.04. The van der Waals surface area contributed by atoms with Crippen LogP contribution in [0.3, 0.4) is 0 Å². The molecular formula is C14H18F4N2. The largest absolute Gasteiger partial charge is 0.393 e. The molecule has 0 saturated carbocycles. The van der Waals surface area contributed by atoms with E-state index in [1.807, 2.05) is 0 Å². The number of piperidine rings is 1. The predicted molar refractivity (Wildman–Crippen MR) is 68.3 cm³/mol. The first kappa shape index (κ1) is 15.3. The Bertz CT molecular complexity index is 459. The van der Waals surface area contributed by atoms with Crippen molar-refractivity contribution in [2.75, 3.05) is 13.1 Å². The maximum atomic E-state index is 13.3. The quantitative estimate of drug-likeness (QED) is 0.867. The molecule has 1 saturated heterocycles. The third-order valence-corrected chi connectivity index (χ3v) is 3.75. The van der Waals surface area contributed by atoms with Crippen LogP contribution >= 0.6 is 0 Å². The van der Waals surface area contributed by atoms with E-state index in [-0.39, 0.29) is 25.3 Å². The zero-order valence-corrected chi connectivity index (χ0v) is 11.1. The minimum absolute atomic E-state index is 0.0238.